The fourth-order valence-corrected chi connectivity index (χ4v) is 1.42. The highest BCUT2D eigenvalue weighted by Gasteiger charge is 2.34. The predicted molar refractivity (Wildman–Crippen MR) is 64.9 cm³/mol. The largest absolute Gasteiger partial charge is 0.417 e. The normalized spacial score (nSPS) is 10.8. The number of urea groups is 1. The maximum Gasteiger partial charge on any atom is 0.417 e. The highest BCUT2D eigenvalue weighted by molar-refractivity contribution is 5.89. The van der Waals surface area contributed by atoms with E-state index < -0.39 is 23.3 Å². The number of aliphatic hydroxyl groups is 1. The van der Waals surface area contributed by atoms with Crippen molar-refractivity contribution in [2.24, 2.45) is 0 Å². The molecule has 0 bridgehead atoms. The summed E-state index contributed by atoms with van der Waals surface area (Å²) in [5.41, 5.74) is -1.70. The van der Waals surface area contributed by atoms with Gasteiger partial charge in [0.05, 0.1) is 23.8 Å². The van der Waals surface area contributed by atoms with E-state index in [1.165, 1.54) is 19.2 Å². The molecular formula is C12H12F3N3O2. The third-order valence-corrected chi connectivity index (χ3v) is 2.48. The van der Waals surface area contributed by atoms with Crippen molar-refractivity contribution in [1.82, 2.24) is 4.90 Å². The molecule has 1 aromatic carbocycles. The number of carbonyl (C=O) groups excluding carboxylic acids is 1. The first-order valence-electron chi connectivity index (χ1n) is 5.54. The minimum Gasteiger partial charge on any atom is -0.395 e. The Bertz CT molecular complexity index is 538. The summed E-state index contributed by atoms with van der Waals surface area (Å²) in [6, 6.07) is 3.69. The lowest BCUT2D eigenvalue weighted by molar-refractivity contribution is -0.137. The van der Waals surface area contributed by atoms with Gasteiger partial charge in [0.25, 0.3) is 0 Å². The smallest absolute Gasteiger partial charge is 0.395 e. The number of nitrogens with zero attached hydrogens (tertiary/aromatic N) is 2. The van der Waals surface area contributed by atoms with Crippen LogP contribution >= 0.6 is 0 Å². The Morgan fingerprint density at radius 1 is 1.50 bits per heavy atom. The average molecular weight is 287 g/mol. The van der Waals surface area contributed by atoms with E-state index in [1.54, 1.807) is 0 Å². The second kappa shape index (κ2) is 6.25. The maximum atomic E-state index is 12.7. The van der Waals surface area contributed by atoms with Gasteiger partial charge in [0.1, 0.15) is 0 Å². The Morgan fingerprint density at radius 2 is 2.15 bits per heavy atom. The lowest BCUT2D eigenvalue weighted by Crippen LogP contribution is -2.33. The molecule has 0 radical (unpaired) electrons. The van der Waals surface area contributed by atoms with Gasteiger partial charge in [-0.15, -0.1) is 0 Å². The Morgan fingerprint density at radius 3 is 2.65 bits per heavy atom. The number of alkyl halides is 3. The topological polar surface area (TPSA) is 76.4 Å². The molecule has 0 unspecified atom stereocenters. The molecule has 0 heterocycles. The molecule has 0 spiro atoms. The van der Waals surface area contributed by atoms with E-state index in [9.17, 15) is 18.0 Å². The van der Waals surface area contributed by atoms with Crippen LogP contribution < -0.4 is 5.32 Å². The summed E-state index contributed by atoms with van der Waals surface area (Å²) in [4.78, 5) is 12.7. The van der Waals surface area contributed by atoms with Crippen LogP contribution in [0.3, 0.4) is 0 Å². The van der Waals surface area contributed by atoms with E-state index in [1.807, 2.05) is 0 Å². The van der Waals surface area contributed by atoms with Crippen molar-refractivity contribution in [3.05, 3.63) is 29.3 Å². The third-order valence-electron chi connectivity index (χ3n) is 2.48. The lowest BCUT2D eigenvalue weighted by atomic mass is 10.1. The number of hydrogen-bond donors (Lipinski definition) is 2. The highest BCUT2D eigenvalue weighted by atomic mass is 19.4. The van der Waals surface area contributed by atoms with Gasteiger partial charge in [-0.25, -0.2) is 4.79 Å². The highest BCUT2D eigenvalue weighted by Crippen LogP contribution is 2.33. The maximum absolute atomic E-state index is 12.7. The average Bonchev–Trinajstić information content (AvgIpc) is 2.37. The van der Waals surface area contributed by atoms with Crippen LogP contribution in [0.1, 0.15) is 11.1 Å². The van der Waals surface area contributed by atoms with Crippen LogP contribution in [0.5, 0.6) is 0 Å². The van der Waals surface area contributed by atoms with Crippen molar-refractivity contribution in [1.29, 1.82) is 5.26 Å². The number of nitriles is 1. The van der Waals surface area contributed by atoms with E-state index in [0.717, 1.165) is 11.0 Å². The van der Waals surface area contributed by atoms with Gasteiger partial charge in [-0.3, -0.25) is 0 Å². The molecule has 2 N–H and O–H groups in total. The van der Waals surface area contributed by atoms with Gasteiger partial charge in [0, 0.05) is 19.3 Å². The van der Waals surface area contributed by atoms with E-state index in [-0.39, 0.29) is 18.8 Å². The molecule has 1 rings (SSSR count). The SMILES string of the molecule is CN(CCO)C(=O)Nc1ccc(C#N)c(C(F)(F)F)c1. The van der Waals surface area contributed by atoms with E-state index in [0.29, 0.717) is 6.07 Å². The first-order valence-corrected chi connectivity index (χ1v) is 5.54. The quantitative estimate of drug-likeness (QED) is 0.893. The summed E-state index contributed by atoms with van der Waals surface area (Å²) in [6.07, 6.45) is -4.68. The first kappa shape index (κ1) is 15.8. The number of aliphatic hydroxyl groups excluding tert-OH is 1. The van der Waals surface area contributed by atoms with Crippen LogP contribution in [0, 0.1) is 11.3 Å². The number of anilines is 1. The molecule has 108 valence electrons. The van der Waals surface area contributed by atoms with Crippen molar-refractivity contribution in [3.8, 4) is 6.07 Å². The molecule has 0 saturated carbocycles. The Kier molecular flexibility index (Phi) is 4.94. The van der Waals surface area contributed by atoms with Crippen LogP contribution in [-0.2, 0) is 6.18 Å². The third kappa shape index (κ3) is 3.86. The number of likely N-dealkylation sites (N-methyl/N-ethyl adjacent to an activating group) is 1. The van der Waals surface area contributed by atoms with Gasteiger partial charge in [-0.2, -0.15) is 18.4 Å². The molecule has 5 nitrogen and oxygen atoms in total. The van der Waals surface area contributed by atoms with Crippen LogP contribution in [0.4, 0.5) is 23.7 Å². The van der Waals surface area contributed by atoms with Gasteiger partial charge in [0.15, 0.2) is 0 Å². The van der Waals surface area contributed by atoms with Gasteiger partial charge in [-0.05, 0) is 18.2 Å². The molecule has 0 aliphatic rings. The van der Waals surface area contributed by atoms with Crippen molar-refractivity contribution >= 4 is 11.7 Å². The first-order chi connectivity index (χ1) is 9.29. The predicted octanol–water partition coefficient (Wildman–Crippen LogP) is 2.03. The van der Waals surface area contributed by atoms with Crippen LogP contribution in [0.25, 0.3) is 0 Å². The summed E-state index contributed by atoms with van der Waals surface area (Å²) in [6.45, 7) is -0.209. The number of rotatable bonds is 3. The Hall–Kier alpha value is -2.27. The molecule has 0 fully saturated rings. The molecule has 1 aromatic rings. The molecule has 8 heteroatoms. The Labute approximate surface area is 113 Å². The molecule has 2 amide bonds. The fourth-order valence-electron chi connectivity index (χ4n) is 1.42. The summed E-state index contributed by atoms with van der Waals surface area (Å²) >= 11 is 0. The molecule has 0 aliphatic heterocycles. The zero-order valence-corrected chi connectivity index (χ0v) is 10.5. The summed E-state index contributed by atoms with van der Waals surface area (Å²) in [5, 5.41) is 19.6. The number of halogens is 3. The lowest BCUT2D eigenvalue weighted by Gasteiger charge is -2.17. The summed E-state index contributed by atoms with van der Waals surface area (Å²) in [5.74, 6) is 0. The van der Waals surface area contributed by atoms with Crippen molar-refractivity contribution in [2.45, 2.75) is 6.18 Å². The molecule has 0 aromatic heterocycles. The van der Waals surface area contributed by atoms with Gasteiger partial charge < -0.3 is 15.3 Å². The minimum atomic E-state index is -4.68. The van der Waals surface area contributed by atoms with Crippen molar-refractivity contribution in [3.63, 3.8) is 0 Å². The zero-order chi connectivity index (χ0) is 15.3. The van der Waals surface area contributed by atoms with E-state index in [2.05, 4.69) is 5.32 Å². The number of hydrogen-bond acceptors (Lipinski definition) is 3. The number of amides is 2. The second-order valence-corrected chi connectivity index (χ2v) is 3.95. The minimum absolute atomic E-state index is 0.0498. The molecule has 0 atom stereocenters. The number of nitrogens with one attached hydrogen (secondary N) is 1. The Balaban J connectivity index is 2.99. The van der Waals surface area contributed by atoms with Crippen LogP contribution in [-0.4, -0.2) is 36.2 Å². The number of benzene rings is 1. The number of carbonyl (C=O) groups is 1. The zero-order valence-electron chi connectivity index (χ0n) is 10.5. The second-order valence-electron chi connectivity index (χ2n) is 3.95. The summed E-state index contributed by atoms with van der Waals surface area (Å²) < 4.78 is 38.2. The van der Waals surface area contributed by atoms with Crippen molar-refractivity contribution in [2.75, 3.05) is 25.5 Å². The molecule has 0 saturated heterocycles. The molecule has 0 aliphatic carbocycles. The van der Waals surface area contributed by atoms with Crippen LogP contribution in [0.15, 0.2) is 18.2 Å². The van der Waals surface area contributed by atoms with Gasteiger partial charge >= 0.3 is 12.2 Å². The molecular weight excluding hydrogens is 275 g/mol. The summed E-state index contributed by atoms with van der Waals surface area (Å²) in [7, 11) is 1.39. The van der Waals surface area contributed by atoms with Crippen LogP contribution in [0.2, 0.25) is 0 Å². The van der Waals surface area contributed by atoms with Gasteiger partial charge in [0.2, 0.25) is 0 Å². The monoisotopic (exact) mass is 287 g/mol. The van der Waals surface area contributed by atoms with E-state index in [4.69, 9.17) is 10.4 Å². The standard InChI is InChI=1S/C12H12F3N3O2/c1-18(4-5-19)11(20)17-9-3-2-8(7-16)10(6-9)12(13,14)15/h2-3,6,19H,4-5H2,1H3,(H,17,20). The van der Waals surface area contributed by atoms with E-state index >= 15 is 0 Å². The van der Waals surface area contributed by atoms with Gasteiger partial charge in [-0.1, -0.05) is 0 Å². The molecule has 20 heavy (non-hydrogen) atoms. The fraction of sp³-hybridized carbons (Fsp3) is 0.333. The van der Waals surface area contributed by atoms with Crippen molar-refractivity contribution < 1.29 is 23.1 Å².